The minimum atomic E-state index is -0.309. The van der Waals surface area contributed by atoms with Gasteiger partial charge in [-0.15, -0.1) is 0 Å². The fourth-order valence-corrected chi connectivity index (χ4v) is 8.13. The van der Waals surface area contributed by atoms with Crippen molar-refractivity contribution in [3.63, 3.8) is 0 Å². The molecule has 0 aliphatic heterocycles. The molecule has 0 radical (unpaired) electrons. The number of ether oxygens (including phenoxy) is 1. The van der Waals surface area contributed by atoms with Crippen molar-refractivity contribution in [2.24, 2.45) is 29.1 Å². The standard InChI is InChI=1S/C31H40N6O2/c32-16-26-18-34-29(33-17-21-7-3-1-4-8-21)37-28(26)35-20-31-13-23-11-24(14-31)27(25(12-23)15-31)36-30(38)39-19-22-9-5-2-6-10-22/h2,5-6,9-10,18,21,23-25,27H,1,3-4,7-8,11-15,17,19-20H2,(H,36,38)(H2,33,34,35,37). The zero-order valence-corrected chi connectivity index (χ0v) is 22.7. The Bertz CT molecular complexity index is 1180. The molecule has 1 aromatic heterocycles. The molecule has 0 spiro atoms. The van der Waals surface area contributed by atoms with Gasteiger partial charge in [-0.2, -0.15) is 10.2 Å². The molecule has 2 atom stereocenters. The average Bonchev–Trinajstić information content (AvgIpc) is 2.96. The van der Waals surface area contributed by atoms with Gasteiger partial charge in [0.25, 0.3) is 0 Å². The van der Waals surface area contributed by atoms with Crippen molar-refractivity contribution in [2.75, 3.05) is 23.7 Å². The number of hydrogen-bond acceptors (Lipinski definition) is 7. The number of nitrogens with zero attached hydrogens (tertiary/aromatic N) is 3. The predicted octanol–water partition coefficient (Wildman–Crippen LogP) is 5.87. The summed E-state index contributed by atoms with van der Waals surface area (Å²) in [7, 11) is 0. The zero-order valence-electron chi connectivity index (χ0n) is 22.7. The van der Waals surface area contributed by atoms with E-state index in [1.54, 1.807) is 6.20 Å². The van der Waals surface area contributed by atoms with Gasteiger partial charge in [0.15, 0.2) is 0 Å². The van der Waals surface area contributed by atoms with E-state index in [4.69, 9.17) is 9.72 Å². The maximum atomic E-state index is 12.7. The van der Waals surface area contributed by atoms with Gasteiger partial charge in [0.05, 0.1) is 6.20 Å². The maximum absolute atomic E-state index is 12.7. The Morgan fingerprint density at radius 2 is 1.82 bits per heavy atom. The van der Waals surface area contributed by atoms with Crippen LogP contribution in [0.15, 0.2) is 36.5 Å². The average molecular weight is 529 g/mol. The van der Waals surface area contributed by atoms with E-state index in [2.05, 4.69) is 27.0 Å². The lowest BCUT2D eigenvalue weighted by molar-refractivity contribution is -0.0683. The van der Waals surface area contributed by atoms with E-state index < -0.39 is 0 Å². The predicted molar refractivity (Wildman–Crippen MR) is 150 cm³/mol. The third kappa shape index (κ3) is 5.98. The molecule has 5 saturated carbocycles. The molecule has 5 fully saturated rings. The van der Waals surface area contributed by atoms with Gasteiger partial charge in [0.2, 0.25) is 5.95 Å². The third-order valence-corrected chi connectivity index (χ3v) is 9.71. The van der Waals surface area contributed by atoms with Crippen LogP contribution in [0.2, 0.25) is 0 Å². The molecule has 2 aromatic rings. The van der Waals surface area contributed by atoms with Crippen molar-refractivity contribution >= 4 is 17.9 Å². The van der Waals surface area contributed by atoms with Gasteiger partial charge >= 0.3 is 6.09 Å². The highest BCUT2D eigenvalue weighted by atomic mass is 16.5. The second-order valence-electron chi connectivity index (χ2n) is 12.5. The minimum Gasteiger partial charge on any atom is -0.445 e. The monoisotopic (exact) mass is 528 g/mol. The number of nitrogens with one attached hydrogen (secondary N) is 3. The summed E-state index contributed by atoms with van der Waals surface area (Å²) in [5.41, 5.74) is 1.66. The van der Waals surface area contributed by atoms with Crippen LogP contribution in [0, 0.1) is 40.4 Å². The van der Waals surface area contributed by atoms with Gasteiger partial charge in [0, 0.05) is 19.1 Å². The van der Waals surface area contributed by atoms with Crippen molar-refractivity contribution in [3.8, 4) is 6.07 Å². The van der Waals surface area contributed by atoms with Crippen LogP contribution in [0.3, 0.4) is 0 Å². The number of nitriles is 1. The summed E-state index contributed by atoms with van der Waals surface area (Å²) in [4.78, 5) is 21.8. The fraction of sp³-hybridized carbons (Fsp3) is 0.613. The van der Waals surface area contributed by atoms with Crippen molar-refractivity contribution < 1.29 is 9.53 Å². The number of anilines is 2. The van der Waals surface area contributed by atoms with E-state index in [-0.39, 0.29) is 17.6 Å². The van der Waals surface area contributed by atoms with Gasteiger partial charge in [-0.3, -0.25) is 0 Å². The summed E-state index contributed by atoms with van der Waals surface area (Å²) in [6.07, 6.45) is 13.5. The first-order valence-corrected chi connectivity index (χ1v) is 14.8. The Labute approximate surface area is 231 Å². The van der Waals surface area contributed by atoms with E-state index in [9.17, 15) is 10.1 Å². The Morgan fingerprint density at radius 1 is 1.05 bits per heavy atom. The Morgan fingerprint density at radius 3 is 2.56 bits per heavy atom. The van der Waals surface area contributed by atoms with Gasteiger partial charge in [-0.05, 0) is 79.6 Å². The molecule has 5 aliphatic carbocycles. The van der Waals surface area contributed by atoms with E-state index in [1.807, 2.05) is 30.3 Å². The molecule has 7 rings (SSSR count). The maximum Gasteiger partial charge on any atom is 0.407 e. The topological polar surface area (TPSA) is 112 Å². The van der Waals surface area contributed by atoms with Crippen LogP contribution in [0.5, 0.6) is 0 Å². The van der Waals surface area contributed by atoms with E-state index in [0.717, 1.165) is 31.5 Å². The number of rotatable bonds is 9. The number of benzene rings is 1. The summed E-state index contributed by atoms with van der Waals surface area (Å²) >= 11 is 0. The van der Waals surface area contributed by atoms with E-state index in [1.165, 1.54) is 51.4 Å². The molecule has 0 saturated heterocycles. The SMILES string of the molecule is N#Cc1cnc(NCC2CCCCC2)nc1NCC12CC3CC(C1)C(NC(=O)OCc1ccccc1)C(C3)C2. The van der Waals surface area contributed by atoms with Crippen LogP contribution in [0.4, 0.5) is 16.6 Å². The largest absolute Gasteiger partial charge is 0.445 e. The summed E-state index contributed by atoms with van der Waals surface area (Å²) in [5.74, 6) is 3.56. The summed E-state index contributed by atoms with van der Waals surface area (Å²) < 4.78 is 5.55. The van der Waals surface area contributed by atoms with Crippen LogP contribution in [0.1, 0.15) is 75.3 Å². The number of aromatic nitrogens is 2. The van der Waals surface area contributed by atoms with Crippen LogP contribution in [-0.4, -0.2) is 35.2 Å². The Kier molecular flexibility index (Phi) is 7.58. The fourth-order valence-electron chi connectivity index (χ4n) is 8.13. The highest BCUT2D eigenvalue weighted by Crippen LogP contribution is 2.60. The quantitative estimate of drug-likeness (QED) is 0.373. The van der Waals surface area contributed by atoms with Crippen molar-refractivity contribution in [2.45, 2.75) is 76.9 Å². The van der Waals surface area contributed by atoms with Crippen molar-refractivity contribution in [1.82, 2.24) is 15.3 Å². The number of amides is 1. The Hall–Kier alpha value is -3.34. The molecule has 2 unspecified atom stereocenters. The summed E-state index contributed by atoms with van der Waals surface area (Å²) in [6, 6.07) is 12.3. The van der Waals surface area contributed by atoms with E-state index in [0.29, 0.717) is 47.6 Å². The molecule has 4 bridgehead atoms. The number of alkyl carbamates (subject to hydrolysis) is 1. The van der Waals surface area contributed by atoms with Crippen LogP contribution < -0.4 is 16.0 Å². The molecular formula is C31H40N6O2. The van der Waals surface area contributed by atoms with Gasteiger partial charge < -0.3 is 20.7 Å². The van der Waals surface area contributed by atoms with Gasteiger partial charge in [-0.1, -0.05) is 49.6 Å². The number of carbonyl (C=O) groups is 1. The Balaban J connectivity index is 1.06. The first-order chi connectivity index (χ1) is 19.1. The highest BCUT2D eigenvalue weighted by Gasteiger charge is 2.55. The lowest BCUT2D eigenvalue weighted by Gasteiger charge is -2.60. The third-order valence-electron chi connectivity index (χ3n) is 9.71. The number of carbonyl (C=O) groups excluding carboxylic acids is 1. The summed E-state index contributed by atoms with van der Waals surface area (Å²) in [6.45, 7) is 1.99. The molecule has 1 amide bonds. The second kappa shape index (κ2) is 11.4. The molecule has 8 heteroatoms. The first-order valence-electron chi connectivity index (χ1n) is 14.8. The smallest absolute Gasteiger partial charge is 0.407 e. The first kappa shape index (κ1) is 25.9. The normalized spacial score (nSPS) is 29.4. The van der Waals surface area contributed by atoms with Crippen molar-refractivity contribution in [3.05, 3.63) is 47.7 Å². The van der Waals surface area contributed by atoms with Crippen LogP contribution >= 0.6 is 0 Å². The molecule has 5 aliphatic rings. The van der Waals surface area contributed by atoms with Crippen LogP contribution in [-0.2, 0) is 11.3 Å². The zero-order chi connectivity index (χ0) is 26.7. The minimum absolute atomic E-state index is 0.177. The number of hydrogen-bond donors (Lipinski definition) is 3. The molecule has 206 valence electrons. The summed E-state index contributed by atoms with van der Waals surface area (Å²) in [5, 5.41) is 19.9. The second-order valence-corrected chi connectivity index (χ2v) is 12.5. The van der Waals surface area contributed by atoms with Crippen molar-refractivity contribution in [1.29, 1.82) is 5.26 Å². The molecule has 1 aromatic carbocycles. The lowest BCUT2D eigenvalue weighted by atomic mass is 9.48. The molecule has 3 N–H and O–H groups in total. The molecule has 39 heavy (non-hydrogen) atoms. The molecule has 8 nitrogen and oxygen atoms in total. The highest BCUT2D eigenvalue weighted by molar-refractivity contribution is 5.67. The van der Waals surface area contributed by atoms with Gasteiger partial charge in [-0.25, -0.2) is 9.78 Å². The van der Waals surface area contributed by atoms with Crippen LogP contribution in [0.25, 0.3) is 0 Å². The molecule has 1 heterocycles. The van der Waals surface area contributed by atoms with E-state index >= 15 is 0 Å². The van der Waals surface area contributed by atoms with Gasteiger partial charge in [0.1, 0.15) is 24.1 Å². The lowest BCUT2D eigenvalue weighted by Crippen LogP contribution is -2.60. The molecular weight excluding hydrogens is 488 g/mol.